The molecule has 5 rings (SSSR count). The third-order valence-corrected chi connectivity index (χ3v) is 6.28. The zero-order valence-corrected chi connectivity index (χ0v) is 19.2. The summed E-state index contributed by atoms with van der Waals surface area (Å²) in [5.74, 6) is 1.76. The number of urea groups is 1. The highest BCUT2D eigenvalue weighted by Gasteiger charge is 2.14. The second-order valence-corrected chi connectivity index (χ2v) is 8.76. The minimum atomic E-state index is -0.373. The number of fused-ring (bicyclic) bond motifs is 2. The van der Waals surface area contributed by atoms with Crippen molar-refractivity contribution in [1.82, 2.24) is 9.38 Å². The molecule has 0 bridgehead atoms. The average Bonchev–Trinajstić information content (AvgIpc) is 2.84. The number of nitrogens with zero attached hydrogens (tertiary/aromatic N) is 2. The number of nitrogens with one attached hydrogen (secondary N) is 2. The third-order valence-electron chi connectivity index (χ3n) is 5.17. The monoisotopic (exact) mass is 474 g/mol. The lowest BCUT2D eigenvalue weighted by Crippen LogP contribution is -2.20. The van der Waals surface area contributed by atoms with Gasteiger partial charge in [-0.3, -0.25) is 9.20 Å². The second kappa shape index (κ2) is 9.48. The number of rotatable bonds is 5. The Labute approximate surface area is 199 Å². The SMILES string of the molecule is Cc1ccc2nc(CSc3ccccc3NC(=O)Nc3ccc4c(c3)OCCO4)cc(=O)n2c1. The number of aromatic nitrogens is 2. The summed E-state index contributed by atoms with van der Waals surface area (Å²) in [6.07, 6.45) is 1.78. The zero-order chi connectivity index (χ0) is 23.5. The van der Waals surface area contributed by atoms with Gasteiger partial charge in [0.15, 0.2) is 11.5 Å². The number of hydrogen-bond acceptors (Lipinski definition) is 6. The summed E-state index contributed by atoms with van der Waals surface area (Å²) in [6, 6.07) is 17.7. The van der Waals surface area contributed by atoms with E-state index in [1.165, 1.54) is 11.8 Å². The first-order valence-corrected chi connectivity index (χ1v) is 11.7. The van der Waals surface area contributed by atoms with Crippen molar-refractivity contribution < 1.29 is 14.3 Å². The molecule has 1 aliphatic rings. The summed E-state index contributed by atoms with van der Waals surface area (Å²) < 4.78 is 12.6. The van der Waals surface area contributed by atoms with Crippen LogP contribution in [0.15, 0.2) is 76.6 Å². The van der Waals surface area contributed by atoms with E-state index in [1.54, 1.807) is 34.9 Å². The van der Waals surface area contributed by atoms with Crippen molar-refractivity contribution in [2.24, 2.45) is 0 Å². The molecule has 0 saturated carbocycles. The average molecular weight is 475 g/mol. The van der Waals surface area contributed by atoms with E-state index >= 15 is 0 Å². The van der Waals surface area contributed by atoms with E-state index in [4.69, 9.17) is 9.47 Å². The molecule has 3 heterocycles. The number of ether oxygens (including phenoxy) is 2. The van der Waals surface area contributed by atoms with Crippen molar-refractivity contribution in [2.75, 3.05) is 23.8 Å². The van der Waals surface area contributed by atoms with Gasteiger partial charge in [-0.25, -0.2) is 9.78 Å². The van der Waals surface area contributed by atoms with Crippen LogP contribution in [0.25, 0.3) is 5.65 Å². The number of para-hydroxylation sites is 1. The summed E-state index contributed by atoms with van der Waals surface area (Å²) >= 11 is 1.50. The predicted molar refractivity (Wildman–Crippen MR) is 132 cm³/mol. The van der Waals surface area contributed by atoms with Crippen LogP contribution in [-0.2, 0) is 5.75 Å². The number of pyridine rings is 1. The lowest BCUT2D eigenvalue weighted by molar-refractivity contribution is 0.171. The summed E-state index contributed by atoms with van der Waals surface area (Å²) in [7, 11) is 0. The molecule has 2 aromatic carbocycles. The summed E-state index contributed by atoms with van der Waals surface area (Å²) in [6.45, 7) is 2.92. The molecule has 0 fully saturated rings. The topological polar surface area (TPSA) is 94.0 Å². The molecule has 172 valence electrons. The van der Waals surface area contributed by atoms with Crippen LogP contribution in [0, 0.1) is 6.92 Å². The Morgan fingerprint density at radius 3 is 2.74 bits per heavy atom. The maximum absolute atomic E-state index is 12.6. The second-order valence-electron chi connectivity index (χ2n) is 7.74. The van der Waals surface area contributed by atoms with Crippen LogP contribution in [0.5, 0.6) is 11.5 Å². The Morgan fingerprint density at radius 1 is 1.03 bits per heavy atom. The fourth-order valence-corrected chi connectivity index (χ4v) is 4.49. The van der Waals surface area contributed by atoms with Gasteiger partial charge in [0, 0.05) is 34.7 Å². The van der Waals surface area contributed by atoms with Crippen LogP contribution in [0.1, 0.15) is 11.3 Å². The lowest BCUT2D eigenvalue weighted by atomic mass is 10.2. The number of aryl methyl sites for hydroxylation is 1. The van der Waals surface area contributed by atoms with E-state index in [9.17, 15) is 9.59 Å². The number of hydrogen-bond donors (Lipinski definition) is 2. The number of thioether (sulfide) groups is 1. The summed E-state index contributed by atoms with van der Waals surface area (Å²) in [5.41, 5.74) is 3.43. The molecule has 0 spiro atoms. The van der Waals surface area contributed by atoms with Crippen LogP contribution in [-0.4, -0.2) is 28.6 Å². The predicted octanol–water partition coefficient (Wildman–Crippen LogP) is 4.71. The van der Waals surface area contributed by atoms with Gasteiger partial charge in [0.05, 0.1) is 11.4 Å². The van der Waals surface area contributed by atoms with Crippen LogP contribution in [0.2, 0.25) is 0 Å². The van der Waals surface area contributed by atoms with Crippen LogP contribution in [0.3, 0.4) is 0 Å². The molecule has 0 unspecified atom stereocenters. The molecular weight excluding hydrogens is 452 g/mol. The molecule has 34 heavy (non-hydrogen) atoms. The Kier molecular flexibility index (Phi) is 6.09. The smallest absolute Gasteiger partial charge is 0.323 e. The Morgan fingerprint density at radius 2 is 1.85 bits per heavy atom. The molecule has 4 aromatic rings. The van der Waals surface area contributed by atoms with Crippen molar-refractivity contribution in [3.8, 4) is 11.5 Å². The normalized spacial score (nSPS) is 12.4. The van der Waals surface area contributed by atoms with Gasteiger partial charge in [-0.05, 0) is 42.8 Å². The highest BCUT2D eigenvalue weighted by atomic mass is 32.2. The first-order valence-electron chi connectivity index (χ1n) is 10.7. The van der Waals surface area contributed by atoms with E-state index in [1.807, 2.05) is 43.3 Å². The van der Waals surface area contributed by atoms with Gasteiger partial charge in [0.1, 0.15) is 18.9 Å². The minimum Gasteiger partial charge on any atom is -0.486 e. The van der Waals surface area contributed by atoms with Crippen molar-refractivity contribution in [1.29, 1.82) is 0 Å². The number of anilines is 2. The van der Waals surface area contributed by atoms with Gasteiger partial charge in [-0.2, -0.15) is 0 Å². The molecule has 0 saturated heterocycles. The molecule has 0 radical (unpaired) electrons. The Hall–Kier alpha value is -3.98. The molecule has 2 amide bonds. The Bertz CT molecular complexity index is 1440. The molecule has 1 aliphatic heterocycles. The third kappa shape index (κ3) is 4.84. The maximum atomic E-state index is 12.6. The molecule has 2 aromatic heterocycles. The van der Waals surface area contributed by atoms with Crippen molar-refractivity contribution >= 4 is 34.8 Å². The number of benzene rings is 2. The first kappa shape index (κ1) is 21.8. The van der Waals surface area contributed by atoms with Gasteiger partial charge in [-0.15, -0.1) is 11.8 Å². The van der Waals surface area contributed by atoms with E-state index < -0.39 is 0 Å². The van der Waals surface area contributed by atoms with Crippen LogP contribution in [0.4, 0.5) is 16.2 Å². The van der Waals surface area contributed by atoms with Gasteiger partial charge >= 0.3 is 6.03 Å². The fraction of sp³-hybridized carbons (Fsp3) is 0.160. The van der Waals surface area contributed by atoms with E-state index in [-0.39, 0.29) is 11.6 Å². The number of amides is 2. The summed E-state index contributed by atoms with van der Waals surface area (Å²) in [4.78, 5) is 30.6. The molecule has 0 atom stereocenters. The maximum Gasteiger partial charge on any atom is 0.323 e. The van der Waals surface area contributed by atoms with E-state index in [0.29, 0.717) is 53.2 Å². The van der Waals surface area contributed by atoms with Crippen molar-refractivity contribution in [3.05, 3.63) is 88.5 Å². The van der Waals surface area contributed by atoms with Gasteiger partial charge < -0.3 is 20.1 Å². The largest absolute Gasteiger partial charge is 0.486 e. The highest BCUT2D eigenvalue weighted by molar-refractivity contribution is 7.98. The van der Waals surface area contributed by atoms with Crippen LogP contribution < -0.4 is 25.7 Å². The molecule has 8 nitrogen and oxygen atoms in total. The van der Waals surface area contributed by atoms with E-state index in [0.717, 1.165) is 10.5 Å². The van der Waals surface area contributed by atoms with E-state index in [2.05, 4.69) is 15.6 Å². The Balaban J connectivity index is 1.27. The lowest BCUT2D eigenvalue weighted by Gasteiger charge is -2.19. The summed E-state index contributed by atoms with van der Waals surface area (Å²) in [5, 5.41) is 5.72. The molecule has 2 N–H and O–H groups in total. The van der Waals surface area contributed by atoms with Gasteiger partial charge in [-0.1, -0.05) is 18.2 Å². The number of carbonyl (C=O) groups excluding carboxylic acids is 1. The number of carbonyl (C=O) groups is 1. The fourth-order valence-electron chi connectivity index (χ4n) is 3.59. The first-order chi connectivity index (χ1) is 16.5. The molecule has 0 aliphatic carbocycles. The zero-order valence-electron chi connectivity index (χ0n) is 18.4. The van der Waals surface area contributed by atoms with Crippen LogP contribution >= 0.6 is 11.8 Å². The highest BCUT2D eigenvalue weighted by Crippen LogP contribution is 2.33. The standard InChI is InChI=1S/C25H22N4O4S/c1-16-6-9-23-26-18(13-24(30)29(23)14-16)15-34-22-5-3-2-4-19(22)28-25(31)27-17-7-8-20-21(12-17)33-11-10-32-20/h2-9,12-14H,10-11,15H2,1H3,(H2,27,28,31). The van der Waals surface area contributed by atoms with Crippen molar-refractivity contribution in [3.63, 3.8) is 0 Å². The molecule has 9 heteroatoms. The van der Waals surface area contributed by atoms with Crippen molar-refractivity contribution in [2.45, 2.75) is 17.6 Å². The molecular formula is C25H22N4O4S. The van der Waals surface area contributed by atoms with Gasteiger partial charge in [0.2, 0.25) is 0 Å². The van der Waals surface area contributed by atoms with Gasteiger partial charge in [0.25, 0.3) is 5.56 Å². The minimum absolute atomic E-state index is 0.116. The quantitative estimate of drug-likeness (QED) is 0.407.